The van der Waals surface area contributed by atoms with Gasteiger partial charge in [0.15, 0.2) is 11.6 Å². The Hall–Kier alpha value is -2.44. The molecule has 2 aromatic heterocycles. The lowest BCUT2D eigenvalue weighted by atomic mass is 10.2. The molecule has 88 valence electrons. The van der Waals surface area contributed by atoms with Crippen LogP contribution < -0.4 is 0 Å². The number of aromatic carboxylic acids is 1. The van der Waals surface area contributed by atoms with E-state index in [1.807, 2.05) is 0 Å². The van der Waals surface area contributed by atoms with Crippen molar-refractivity contribution < 1.29 is 19.2 Å². The van der Waals surface area contributed by atoms with Gasteiger partial charge in [-0.2, -0.15) is 4.98 Å². The first kappa shape index (κ1) is 11.1. The lowest BCUT2D eigenvalue weighted by Gasteiger charge is -2.01. The van der Waals surface area contributed by atoms with Gasteiger partial charge in [-0.1, -0.05) is 5.16 Å². The summed E-state index contributed by atoms with van der Waals surface area (Å²) in [5.74, 6) is -0.960. The number of Topliss-reactive ketones (excluding diaryl/α,β-unsaturated/α-hetero) is 1. The van der Waals surface area contributed by atoms with Crippen LogP contribution in [0.4, 0.5) is 0 Å². The Morgan fingerprint density at radius 3 is 2.82 bits per heavy atom. The van der Waals surface area contributed by atoms with E-state index in [1.165, 1.54) is 23.8 Å². The highest BCUT2D eigenvalue weighted by atomic mass is 16.5. The molecule has 2 aromatic rings. The number of hydrogen-bond acceptors (Lipinski definition) is 5. The van der Waals surface area contributed by atoms with Crippen molar-refractivity contribution in [1.82, 2.24) is 14.7 Å². The summed E-state index contributed by atoms with van der Waals surface area (Å²) in [5, 5.41) is 12.6. The van der Waals surface area contributed by atoms with Crippen LogP contribution in [0.2, 0.25) is 0 Å². The first-order chi connectivity index (χ1) is 8.08. The normalized spacial score (nSPS) is 10.4. The zero-order chi connectivity index (χ0) is 12.4. The van der Waals surface area contributed by atoms with Crippen molar-refractivity contribution in [1.29, 1.82) is 0 Å². The predicted octanol–water partition coefficient (Wildman–Crippen LogP) is 0.820. The number of carboxylic acid groups (broad SMARTS) is 1. The van der Waals surface area contributed by atoms with Crippen molar-refractivity contribution in [3.05, 3.63) is 35.7 Å². The molecule has 0 spiro atoms. The Balaban J connectivity index is 2.37. The Kier molecular flexibility index (Phi) is 2.73. The highest BCUT2D eigenvalue weighted by Crippen LogP contribution is 2.11. The van der Waals surface area contributed by atoms with Gasteiger partial charge in [-0.05, 0) is 13.0 Å². The van der Waals surface area contributed by atoms with Crippen LogP contribution in [-0.2, 0) is 6.54 Å². The Bertz CT molecular complexity index is 556. The number of carboxylic acids is 1. The van der Waals surface area contributed by atoms with Gasteiger partial charge in [-0.3, -0.25) is 4.79 Å². The Morgan fingerprint density at radius 1 is 1.53 bits per heavy atom. The summed E-state index contributed by atoms with van der Waals surface area (Å²) < 4.78 is 5.95. The van der Waals surface area contributed by atoms with Gasteiger partial charge < -0.3 is 14.2 Å². The van der Waals surface area contributed by atoms with Gasteiger partial charge in [0, 0.05) is 11.8 Å². The molecule has 0 atom stereocenters. The quantitative estimate of drug-likeness (QED) is 0.787. The van der Waals surface area contributed by atoms with Crippen LogP contribution in [0.15, 0.2) is 23.2 Å². The number of carbonyl (C=O) groups is 2. The standard InChI is InChI=1S/C10H9N3O4/c1-6(14)7-2-8(10(15)16)13(3-7)4-9-11-5-17-12-9/h2-3,5H,4H2,1H3,(H,15,16). The molecular formula is C10H9N3O4. The SMILES string of the molecule is CC(=O)c1cc(C(=O)O)n(Cc2ncon2)c1. The van der Waals surface area contributed by atoms with E-state index in [9.17, 15) is 9.59 Å². The minimum Gasteiger partial charge on any atom is -0.477 e. The first-order valence-electron chi connectivity index (χ1n) is 4.77. The summed E-state index contributed by atoms with van der Waals surface area (Å²) in [6.07, 6.45) is 2.62. The molecular weight excluding hydrogens is 226 g/mol. The highest BCUT2D eigenvalue weighted by Gasteiger charge is 2.15. The second-order valence-electron chi connectivity index (χ2n) is 3.45. The second-order valence-corrected chi connectivity index (χ2v) is 3.45. The fourth-order valence-corrected chi connectivity index (χ4v) is 1.43. The number of carbonyl (C=O) groups excluding carboxylic acids is 1. The average Bonchev–Trinajstić information content (AvgIpc) is 2.87. The monoisotopic (exact) mass is 235 g/mol. The maximum atomic E-state index is 11.2. The van der Waals surface area contributed by atoms with E-state index in [4.69, 9.17) is 5.11 Å². The highest BCUT2D eigenvalue weighted by molar-refractivity contribution is 5.97. The largest absolute Gasteiger partial charge is 0.477 e. The Labute approximate surface area is 95.7 Å². The van der Waals surface area contributed by atoms with Crippen molar-refractivity contribution in [2.45, 2.75) is 13.5 Å². The molecule has 7 heteroatoms. The molecule has 0 bridgehead atoms. The van der Waals surface area contributed by atoms with Gasteiger partial charge in [0.1, 0.15) is 5.69 Å². The third-order valence-electron chi connectivity index (χ3n) is 2.24. The van der Waals surface area contributed by atoms with Gasteiger partial charge in [0.25, 0.3) is 0 Å². The maximum Gasteiger partial charge on any atom is 0.352 e. The molecule has 0 aromatic carbocycles. The molecule has 2 heterocycles. The topological polar surface area (TPSA) is 98.2 Å². The summed E-state index contributed by atoms with van der Waals surface area (Å²) >= 11 is 0. The van der Waals surface area contributed by atoms with Crippen molar-refractivity contribution in [3.63, 3.8) is 0 Å². The molecule has 17 heavy (non-hydrogen) atoms. The van der Waals surface area contributed by atoms with Gasteiger partial charge >= 0.3 is 5.97 Å². The molecule has 1 N–H and O–H groups in total. The summed E-state index contributed by atoms with van der Waals surface area (Å²) in [4.78, 5) is 26.0. The fourth-order valence-electron chi connectivity index (χ4n) is 1.43. The van der Waals surface area contributed by atoms with Gasteiger partial charge in [0.2, 0.25) is 6.39 Å². The molecule has 0 saturated carbocycles. The van der Waals surface area contributed by atoms with E-state index in [0.717, 1.165) is 6.39 Å². The van der Waals surface area contributed by atoms with Crippen LogP contribution in [0.25, 0.3) is 0 Å². The fraction of sp³-hybridized carbons (Fsp3) is 0.200. The van der Waals surface area contributed by atoms with E-state index in [1.54, 1.807) is 0 Å². The molecule has 0 fully saturated rings. The van der Waals surface area contributed by atoms with E-state index in [2.05, 4.69) is 14.7 Å². The number of ketones is 1. The number of hydrogen-bond donors (Lipinski definition) is 1. The second kappa shape index (κ2) is 4.20. The molecule has 0 radical (unpaired) electrons. The van der Waals surface area contributed by atoms with Crippen molar-refractivity contribution in [2.24, 2.45) is 0 Å². The maximum absolute atomic E-state index is 11.2. The van der Waals surface area contributed by atoms with Crippen LogP contribution in [0.3, 0.4) is 0 Å². The van der Waals surface area contributed by atoms with E-state index >= 15 is 0 Å². The summed E-state index contributed by atoms with van der Waals surface area (Å²) in [6, 6.07) is 1.32. The van der Waals surface area contributed by atoms with Gasteiger partial charge in [-0.15, -0.1) is 0 Å². The molecule has 0 unspecified atom stereocenters. The smallest absolute Gasteiger partial charge is 0.352 e. The van der Waals surface area contributed by atoms with Crippen LogP contribution in [0.1, 0.15) is 33.6 Å². The van der Waals surface area contributed by atoms with Crippen LogP contribution in [-0.4, -0.2) is 31.6 Å². The molecule has 0 aliphatic rings. The predicted molar refractivity (Wildman–Crippen MR) is 54.8 cm³/mol. The number of nitrogens with zero attached hydrogens (tertiary/aromatic N) is 3. The lowest BCUT2D eigenvalue weighted by molar-refractivity contribution is 0.0685. The van der Waals surface area contributed by atoms with Crippen molar-refractivity contribution in [3.8, 4) is 0 Å². The zero-order valence-electron chi connectivity index (χ0n) is 8.95. The third kappa shape index (κ3) is 2.22. The molecule has 0 aliphatic carbocycles. The zero-order valence-corrected chi connectivity index (χ0v) is 8.95. The average molecular weight is 235 g/mol. The molecule has 2 rings (SSSR count). The van der Waals surface area contributed by atoms with E-state index < -0.39 is 5.97 Å². The van der Waals surface area contributed by atoms with Gasteiger partial charge in [0.05, 0.1) is 6.54 Å². The molecule has 7 nitrogen and oxygen atoms in total. The summed E-state index contributed by atoms with van der Waals surface area (Å²) in [7, 11) is 0. The van der Waals surface area contributed by atoms with Crippen LogP contribution >= 0.6 is 0 Å². The van der Waals surface area contributed by atoms with Crippen LogP contribution in [0.5, 0.6) is 0 Å². The summed E-state index contributed by atoms with van der Waals surface area (Å²) in [6.45, 7) is 1.52. The molecule has 0 amide bonds. The minimum atomic E-state index is -1.11. The van der Waals surface area contributed by atoms with E-state index in [-0.39, 0.29) is 18.0 Å². The van der Waals surface area contributed by atoms with E-state index in [0.29, 0.717) is 11.4 Å². The lowest BCUT2D eigenvalue weighted by Crippen LogP contribution is -2.09. The first-order valence-corrected chi connectivity index (χ1v) is 4.77. The number of aromatic nitrogens is 3. The molecule has 0 saturated heterocycles. The van der Waals surface area contributed by atoms with Crippen molar-refractivity contribution in [2.75, 3.05) is 0 Å². The third-order valence-corrected chi connectivity index (χ3v) is 2.24. The summed E-state index contributed by atoms with van der Waals surface area (Å²) in [5.41, 5.74) is 0.353. The molecule has 0 aliphatic heterocycles. The van der Waals surface area contributed by atoms with Crippen LogP contribution in [0, 0.1) is 0 Å². The minimum absolute atomic E-state index is 0.0139. The Morgan fingerprint density at radius 2 is 2.29 bits per heavy atom. The number of rotatable bonds is 4. The van der Waals surface area contributed by atoms with Crippen molar-refractivity contribution >= 4 is 11.8 Å². The van der Waals surface area contributed by atoms with Gasteiger partial charge in [-0.25, -0.2) is 4.79 Å².